The number of hydrogen-bond acceptors (Lipinski definition) is 3. The predicted octanol–water partition coefficient (Wildman–Crippen LogP) is 4.61. The highest BCUT2D eigenvalue weighted by Gasteiger charge is 2.35. The summed E-state index contributed by atoms with van der Waals surface area (Å²) in [7, 11) is 0. The van der Waals surface area contributed by atoms with E-state index in [1.165, 1.54) is 5.56 Å². The first-order valence-electron chi connectivity index (χ1n) is 8.77. The van der Waals surface area contributed by atoms with Crippen LogP contribution in [0.4, 0.5) is 0 Å². The standard InChI is InChI=1S/C19H30N2O/c1-5-13-21(14-6-2)15-18-20-19(7-3,8-4)16-11-9-10-12-17(16)22-18/h9-12H,5-8,13-15H2,1-4H3. The average Bonchev–Trinajstić information content (AvgIpc) is 2.54. The number of fused-ring (bicyclic) bond motifs is 1. The first kappa shape index (κ1) is 17.0. The van der Waals surface area contributed by atoms with Crippen molar-refractivity contribution in [1.29, 1.82) is 0 Å². The van der Waals surface area contributed by atoms with Gasteiger partial charge in [0.15, 0.2) is 0 Å². The lowest BCUT2D eigenvalue weighted by Gasteiger charge is -2.35. The molecule has 1 aliphatic heterocycles. The molecule has 0 saturated carbocycles. The summed E-state index contributed by atoms with van der Waals surface area (Å²) < 4.78 is 6.12. The molecule has 1 aromatic rings. The Morgan fingerprint density at radius 2 is 1.64 bits per heavy atom. The van der Waals surface area contributed by atoms with Crippen LogP contribution < -0.4 is 4.74 Å². The van der Waals surface area contributed by atoms with Gasteiger partial charge in [-0.2, -0.15) is 0 Å². The van der Waals surface area contributed by atoms with Crippen LogP contribution in [0, 0.1) is 0 Å². The van der Waals surface area contributed by atoms with Crippen LogP contribution >= 0.6 is 0 Å². The molecule has 0 unspecified atom stereocenters. The summed E-state index contributed by atoms with van der Waals surface area (Å²) in [6, 6.07) is 8.38. The zero-order valence-electron chi connectivity index (χ0n) is 14.6. The van der Waals surface area contributed by atoms with Crippen LogP contribution in [0.1, 0.15) is 58.9 Å². The molecule has 0 radical (unpaired) electrons. The Hall–Kier alpha value is -1.35. The topological polar surface area (TPSA) is 24.8 Å². The molecule has 122 valence electrons. The van der Waals surface area contributed by atoms with Gasteiger partial charge in [0, 0.05) is 5.56 Å². The van der Waals surface area contributed by atoms with Gasteiger partial charge in [-0.25, -0.2) is 4.99 Å². The van der Waals surface area contributed by atoms with Gasteiger partial charge < -0.3 is 4.74 Å². The number of ether oxygens (including phenoxy) is 1. The maximum absolute atomic E-state index is 6.12. The third kappa shape index (κ3) is 3.52. The lowest BCUT2D eigenvalue weighted by Crippen LogP contribution is -2.38. The van der Waals surface area contributed by atoms with Crippen molar-refractivity contribution >= 4 is 5.90 Å². The number of aliphatic imine (C=N–C) groups is 1. The second kappa shape index (κ2) is 7.77. The van der Waals surface area contributed by atoms with Crippen LogP contribution in [0.3, 0.4) is 0 Å². The van der Waals surface area contributed by atoms with Crippen LogP contribution in [0.2, 0.25) is 0 Å². The van der Waals surface area contributed by atoms with Crippen LogP contribution in [0.25, 0.3) is 0 Å². The third-order valence-electron chi connectivity index (χ3n) is 4.56. The number of rotatable bonds is 8. The highest BCUT2D eigenvalue weighted by atomic mass is 16.5. The van der Waals surface area contributed by atoms with Gasteiger partial charge in [-0.05, 0) is 44.8 Å². The number of hydrogen-bond donors (Lipinski definition) is 0. The van der Waals surface area contributed by atoms with Crippen molar-refractivity contribution in [3.8, 4) is 5.75 Å². The fourth-order valence-corrected chi connectivity index (χ4v) is 3.34. The van der Waals surface area contributed by atoms with Gasteiger partial charge in [-0.1, -0.05) is 45.9 Å². The van der Waals surface area contributed by atoms with E-state index in [9.17, 15) is 0 Å². The SMILES string of the molecule is CCCN(CCC)CC1=NC(CC)(CC)c2ccccc2O1. The summed E-state index contributed by atoms with van der Waals surface area (Å²) in [4.78, 5) is 7.50. The summed E-state index contributed by atoms with van der Waals surface area (Å²) >= 11 is 0. The molecule has 3 nitrogen and oxygen atoms in total. The Morgan fingerprint density at radius 1 is 1.00 bits per heavy atom. The molecule has 0 amide bonds. The highest BCUT2D eigenvalue weighted by molar-refractivity contribution is 5.83. The molecule has 1 heterocycles. The van der Waals surface area contributed by atoms with E-state index in [4.69, 9.17) is 9.73 Å². The number of para-hydroxylation sites is 1. The minimum Gasteiger partial charge on any atom is -0.442 e. The van der Waals surface area contributed by atoms with Crippen molar-refractivity contribution in [3.63, 3.8) is 0 Å². The Morgan fingerprint density at radius 3 is 2.23 bits per heavy atom. The second-order valence-corrected chi connectivity index (χ2v) is 6.12. The molecule has 22 heavy (non-hydrogen) atoms. The van der Waals surface area contributed by atoms with Gasteiger partial charge in [-0.15, -0.1) is 0 Å². The van der Waals surface area contributed by atoms with Crippen molar-refractivity contribution in [3.05, 3.63) is 29.8 Å². The molecular formula is C19H30N2O. The van der Waals surface area contributed by atoms with E-state index in [2.05, 4.69) is 50.8 Å². The molecule has 0 bridgehead atoms. The summed E-state index contributed by atoms with van der Waals surface area (Å²) in [5.74, 6) is 1.87. The smallest absolute Gasteiger partial charge is 0.205 e. The monoisotopic (exact) mass is 302 g/mol. The van der Waals surface area contributed by atoms with Gasteiger partial charge in [0.1, 0.15) is 5.75 Å². The quantitative estimate of drug-likeness (QED) is 0.700. The fourth-order valence-electron chi connectivity index (χ4n) is 3.34. The largest absolute Gasteiger partial charge is 0.442 e. The molecule has 0 N–H and O–H groups in total. The van der Waals surface area contributed by atoms with Crippen LogP contribution in [0.5, 0.6) is 5.75 Å². The lowest BCUT2D eigenvalue weighted by atomic mass is 9.84. The fraction of sp³-hybridized carbons (Fsp3) is 0.632. The summed E-state index contributed by atoms with van der Waals surface area (Å²) in [5.41, 5.74) is 1.12. The normalized spacial score (nSPS) is 16.1. The summed E-state index contributed by atoms with van der Waals surface area (Å²) in [6.45, 7) is 11.9. The number of benzene rings is 1. The molecule has 0 aromatic heterocycles. The summed E-state index contributed by atoms with van der Waals surface area (Å²) in [5, 5.41) is 0. The maximum Gasteiger partial charge on any atom is 0.205 e. The van der Waals surface area contributed by atoms with Crippen molar-refractivity contribution < 1.29 is 4.74 Å². The summed E-state index contributed by atoms with van der Waals surface area (Å²) in [6.07, 6.45) is 4.34. The van der Waals surface area contributed by atoms with E-state index in [0.29, 0.717) is 0 Å². The van der Waals surface area contributed by atoms with Gasteiger partial charge in [-0.3, -0.25) is 4.90 Å². The molecule has 2 rings (SSSR count). The highest BCUT2D eigenvalue weighted by Crippen LogP contribution is 2.41. The molecule has 0 spiro atoms. The van der Waals surface area contributed by atoms with Crippen molar-refractivity contribution in [2.24, 2.45) is 4.99 Å². The molecule has 1 aliphatic rings. The Labute approximate surface area is 135 Å². The average molecular weight is 302 g/mol. The van der Waals surface area contributed by atoms with E-state index in [1.807, 2.05) is 6.07 Å². The first-order chi connectivity index (χ1) is 10.7. The minimum atomic E-state index is -0.117. The first-order valence-corrected chi connectivity index (χ1v) is 8.77. The Kier molecular flexibility index (Phi) is 6.01. The van der Waals surface area contributed by atoms with Crippen molar-refractivity contribution in [2.45, 2.75) is 58.9 Å². The molecule has 3 heteroatoms. The second-order valence-electron chi connectivity index (χ2n) is 6.12. The predicted molar refractivity (Wildman–Crippen MR) is 93.8 cm³/mol. The van der Waals surface area contributed by atoms with E-state index in [-0.39, 0.29) is 5.54 Å². The van der Waals surface area contributed by atoms with Gasteiger partial charge in [0.25, 0.3) is 0 Å². The van der Waals surface area contributed by atoms with Crippen LogP contribution in [0.15, 0.2) is 29.3 Å². The van der Waals surface area contributed by atoms with E-state index < -0.39 is 0 Å². The molecule has 0 saturated heterocycles. The maximum atomic E-state index is 6.12. The van der Waals surface area contributed by atoms with E-state index >= 15 is 0 Å². The molecule has 1 aromatic carbocycles. The third-order valence-corrected chi connectivity index (χ3v) is 4.56. The van der Waals surface area contributed by atoms with Gasteiger partial charge >= 0.3 is 0 Å². The Balaban J connectivity index is 2.28. The zero-order chi connectivity index (χ0) is 16.0. The molecule has 0 fully saturated rings. The van der Waals surface area contributed by atoms with Crippen molar-refractivity contribution in [2.75, 3.05) is 19.6 Å². The van der Waals surface area contributed by atoms with E-state index in [1.54, 1.807) is 0 Å². The van der Waals surface area contributed by atoms with Gasteiger partial charge in [0.2, 0.25) is 5.90 Å². The zero-order valence-corrected chi connectivity index (χ0v) is 14.6. The molecule has 0 atom stereocenters. The van der Waals surface area contributed by atoms with E-state index in [0.717, 1.165) is 57.0 Å². The number of nitrogens with zero attached hydrogens (tertiary/aromatic N) is 2. The minimum absolute atomic E-state index is 0.117. The Bertz CT molecular complexity index is 500. The molecule has 0 aliphatic carbocycles. The molecular weight excluding hydrogens is 272 g/mol. The van der Waals surface area contributed by atoms with Gasteiger partial charge in [0.05, 0.1) is 12.1 Å². The van der Waals surface area contributed by atoms with Crippen LogP contribution in [-0.4, -0.2) is 30.4 Å². The van der Waals surface area contributed by atoms with Crippen molar-refractivity contribution in [1.82, 2.24) is 4.90 Å². The van der Waals surface area contributed by atoms with Crippen LogP contribution in [-0.2, 0) is 5.54 Å². The lowest BCUT2D eigenvalue weighted by molar-refractivity contribution is 0.285.